The molecule has 0 heterocycles. The van der Waals surface area contributed by atoms with Gasteiger partial charge in [-0.1, -0.05) is 24.3 Å². The third kappa shape index (κ3) is 2.17. The van der Waals surface area contributed by atoms with E-state index >= 15 is 0 Å². The Kier molecular flexibility index (Phi) is 2.91. The largest absolute Gasteiger partial charge is 0.508 e. The van der Waals surface area contributed by atoms with Crippen molar-refractivity contribution in [2.75, 3.05) is 5.32 Å². The van der Waals surface area contributed by atoms with Gasteiger partial charge in [0.1, 0.15) is 5.75 Å². The number of nitrogens with two attached hydrogens (primary N) is 1. The molecule has 2 aromatic rings. The predicted octanol–water partition coefficient (Wildman–Crippen LogP) is 3.26. The van der Waals surface area contributed by atoms with Crippen LogP contribution in [0.15, 0.2) is 42.5 Å². The second-order valence-electron chi connectivity index (χ2n) is 5.17. The Morgan fingerprint density at radius 1 is 1.16 bits per heavy atom. The highest BCUT2D eigenvalue weighted by Gasteiger charge is 2.27. The summed E-state index contributed by atoms with van der Waals surface area (Å²) in [5.41, 5.74) is 10.6. The Balaban J connectivity index is 1.87. The smallest absolute Gasteiger partial charge is 0.118 e. The van der Waals surface area contributed by atoms with Gasteiger partial charge >= 0.3 is 0 Å². The van der Waals surface area contributed by atoms with E-state index in [2.05, 4.69) is 17.4 Å². The molecule has 3 rings (SSSR count). The van der Waals surface area contributed by atoms with Gasteiger partial charge in [0.25, 0.3) is 0 Å². The van der Waals surface area contributed by atoms with Crippen LogP contribution in [-0.4, -0.2) is 5.11 Å². The van der Waals surface area contributed by atoms with E-state index in [1.807, 2.05) is 31.2 Å². The first kappa shape index (κ1) is 12.1. The number of anilines is 1. The molecule has 0 aromatic heterocycles. The Morgan fingerprint density at radius 3 is 2.63 bits per heavy atom. The van der Waals surface area contributed by atoms with E-state index in [-0.39, 0.29) is 12.1 Å². The van der Waals surface area contributed by atoms with Gasteiger partial charge in [-0.15, -0.1) is 0 Å². The summed E-state index contributed by atoms with van der Waals surface area (Å²) in [6, 6.07) is 14.2. The predicted molar refractivity (Wildman–Crippen MR) is 77.2 cm³/mol. The van der Waals surface area contributed by atoms with Crippen LogP contribution < -0.4 is 11.1 Å². The van der Waals surface area contributed by atoms with Gasteiger partial charge in [0.2, 0.25) is 0 Å². The summed E-state index contributed by atoms with van der Waals surface area (Å²) < 4.78 is 0. The molecule has 2 unspecified atom stereocenters. The maximum Gasteiger partial charge on any atom is 0.118 e. The summed E-state index contributed by atoms with van der Waals surface area (Å²) in [6.45, 7) is 1.90. The lowest BCUT2D eigenvalue weighted by Crippen LogP contribution is -2.10. The molecule has 2 atom stereocenters. The number of aromatic hydroxyl groups is 1. The van der Waals surface area contributed by atoms with Crippen molar-refractivity contribution in [2.45, 2.75) is 25.4 Å². The summed E-state index contributed by atoms with van der Waals surface area (Å²) in [5.74, 6) is 0.328. The number of phenols is 1. The van der Waals surface area contributed by atoms with Gasteiger partial charge < -0.3 is 16.2 Å². The molecular formula is C16H18N2O. The van der Waals surface area contributed by atoms with Gasteiger partial charge in [0.15, 0.2) is 0 Å². The minimum absolute atomic E-state index is 0.104. The SMILES string of the molecule is Cc1cc(NC2CC(N)c3ccccc32)ccc1O. The van der Waals surface area contributed by atoms with Crippen LogP contribution in [0.1, 0.15) is 35.2 Å². The monoisotopic (exact) mass is 254 g/mol. The van der Waals surface area contributed by atoms with E-state index in [1.54, 1.807) is 6.07 Å². The number of hydrogen-bond acceptors (Lipinski definition) is 3. The van der Waals surface area contributed by atoms with Crippen molar-refractivity contribution in [2.24, 2.45) is 5.73 Å². The molecule has 2 aromatic carbocycles. The topological polar surface area (TPSA) is 58.3 Å². The average Bonchev–Trinajstić information content (AvgIpc) is 2.72. The number of rotatable bonds is 2. The van der Waals surface area contributed by atoms with E-state index in [1.165, 1.54) is 11.1 Å². The van der Waals surface area contributed by atoms with Crippen LogP contribution in [0.2, 0.25) is 0 Å². The summed E-state index contributed by atoms with van der Waals surface area (Å²) in [4.78, 5) is 0. The molecule has 1 aliphatic carbocycles. The van der Waals surface area contributed by atoms with E-state index < -0.39 is 0 Å². The zero-order chi connectivity index (χ0) is 13.4. The van der Waals surface area contributed by atoms with Gasteiger partial charge in [-0.25, -0.2) is 0 Å². The number of hydrogen-bond donors (Lipinski definition) is 3. The molecule has 0 spiro atoms. The second-order valence-corrected chi connectivity index (χ2v) is 5.17. The Morgan fingerprint density at radius 2 is 1.89 bits per heavy atom. The number of aryl methyl sites for hydroxylation is 1. The highest BCUT2D eigenvalue weighted by Crippen LogP contribution is 2.39. The summed E-state index contributed by atoms with van der Waals surface area (Å²) in [5, 5.41) is 13.1. The normalized spacial score (nSPS) is 21.2. The van der Waals surface area contributed by atoms with E-state index in [4.69, 9.17) is 5.73 Å². The maximum absolute atomic E-state index is 9.56. The lowest BCUT2D eigenvalue weighted by Gasteiger charge is -2.16. The Labute approximate surface area is 113 Å². The van der Waals surface area contributed by atoms with E-state index in [0.717, 1.165) is 17.7 Å². The number of nitrogens with one attached hydrogen (secondary N) is 1. The maximum atomic E-state index is 9.56. The van der Waals surface area contributed by atoms with Gasteiger partial charge in [0, 0.05) is 11.7 Å². The first-order valence-electron chi connectivity index (χ1n) is 6.55. The van der Waals surface area contributed by atoms with Crippen molar-refractivity contribution in [3.05, 3.63) is 59.2 Å². The van der Waals surface area contributed by atoms with Crippen LogP contribution in [-0.2, 0) is 0 Å². The molecule has 0 bridgehead atoms. The highest BCUT2D eigenvalue weighted by atomic mass is 16.3. The molecule has 3 heteroatoms. The zero-order valence-electron chi connectivity index (χ0n) is 10.9. The molecule has 0 amide bonds. The number of benzene rings is 2. The van der Waals surface area contributed by atoms with Gasteiger partial charge in [0.05, 0.1) is 6.04 Å². The lowest BCUT2D eigenvalue weighted by atomic mass is 10.1. The van der Waals surface area contributed by atoms with Crippen molar-refractivity contribution in [1.82, 2.24) is 0 Å². The molecule has 4 N–H and O–H groups in total. The van der Waals surface area contributed by atoms with Crippen LogP contribution in [0.5, 0.6) is 5.75 Å². The molecule has 0 aliphatic heterocycles. The molecule has 0 radical (unpaired) electrons. The molecular weight excluding hydrogens is 236 g/mol. The Hall–Kier alpha value is -2.00. The summed E-state index contributed by atoms with van der Waals surface area (Å²) in [7, 11) is 0. The van der Waals surface area contributed by atoms with Crippen molar-refractivity contribution >= 4 is 5.69 Å². The molecule has 19 heavy (non-hydrogen) atoms. The lowest BCUT2D eigenvalue weighted by molar-refractivity contribution is 0.471. The van der Waals surface area contributed by atoms with Gasteiger partial charge in [-0.05, 0) is 48.2 Å². The van der Waals surface area contributed by atoms with E-state index in [9.17, 15) is 5.11 Å². The first-order valence-corrected chi connectivity index (χ1v) is 6.55. The Bertz CT molecular complexity index is 609. The minimum Gasteiger partial charge on any atom is -0.508 e. The third-order valence-electron chi connectivity index (χ3n) is 3.80. The standard InChI is InChI=1S/C16H18N2O/c1-10-8-11(6-7-16(10)19)18-15-9-14(17)12-4-2-3-5-13(12)15/h2-8,14-15,18-19H,9,17H2,1H3. The quantitative estimate of drug-likeness (QED) is 0.721. The van der Waals surface area contributed by atoms with E-state index in [0.29, 0.717) is 5.75 Å². The van der Waals surface area contributed by atoms with Crippen molar-refractivity contribution in [1.29, 1.82) is 0 Å². The van der Waals surface area contributed by atoms with Crippen LogP contribution in [0.3, 0.4) is 0 Å². The van der Waals surface area contributed by atoms with Crippen molar-refractivity contribution < 1.29 is 5.11 Å². The fourth-order valence-corrected chi connectivity index (χ4v) is 2.76. The number of fused-ring (bicyclic) bond motifs is 1. The van der Waals surface area contributed by atoms with Gasteiger partial charge in [-0.2, -0.15) is 0 Å². The zero-order valence-corrected chi connectivity index (χ0v) is 10.9. The molecule has 0 saturated heterocycles. The average molecular weight is 254 g/mol. The fraction of sp³-hybridized carbons (Fsp3) is 0.250. The van der Waals surface area contributed by atoms with Crippen LogP contribution >= 0.6 is 0 Å². The van der Waals surface area contributed by atoms with Crippen LogP contribution in [0, 0.1) is 6.92 Å². The minimum atomic E-state index is 0.104. The third-order valence-corrected chi connectivity index (χ3v) is 3.80. The summed E-state index contributed by atoms with van der Waals surface area (Å²) >= 11 is 0. The van der Waals surface area contributed by atoms with Crippen molar-refractivity contribution in [3.8, 4) is 5.75 Å². The molecule has 98 valence electrons. The molecule has 0 fully saturated rings. The number of phenolic OH excluding ortho intramolecular Hbond substituents is 1. The molecule has 3 nitrogen and oxygen atoms in total. The van der Waals surface area contributed by atoms with Crippen LogP contribution in [0.4, 0.5) is 5.69 Å². The molecule has 1 aliphatic rings. The van der Waals surface area contributed by atoms with Gasteiger partial charge in [-0.3, -0.25) is 0 Å². The highest BCUT2D eigenvalue weighted by molar-refractivity contribution is 5.53. The molecule has 0 saturated carbocycles. The first-order chi connectivity index (χ1) is 9.15. The van der Waals surface area contributed by atoms with Crippen LogP contribution in [0.25, 0.3) is 0 Å². The van der Waals surface area contributed by atoms with Crippen molar-refractivity contribution in [3.63, 3.8) is 0 Å². The summed E-state index contributed by atoms with van der Waals surface area (Å²) in [6.07, 6.45) is 0.902. The fourth-order valence-electron chi connectivity index (χ4n) is 2.76. The second kappa shape index (κ2) is 4.59.